The number of rotatable bonds is 3. The maximum atomic E-state index is 4.39. The van der Waals surface area contributed by atoms with Crippen molar-refractivity contribution >= 4 is 0 Å². The summed E-state index contributed by atoms with van der Waals surface area (Å²) in [6, 6.07) is 0.492. The van der Waals surface area contributed by atoms with E-state index >= 15 is 0 Å². The van der Waals surface area contributed by atoms with Gasteiger partial charge in [0, 0.05) is 17.8 Å². The molecule has 1 fully saturated rings. The van der Waals surface area contributed by atoms with E-state index in [1.165, 1.54) is 18.5 Å². The zero-order valence-corrected chi connectivity index (χ0v) is 12.5. The molecule has 3 nitrogen and oxygen atoms in total. The first-order chi connectivity index (χ1) is 8.30. The van der Waals surface area contributed by atoms with Crippen LogP contribution in [0.4, 0.5) is 0 Å². The summed E-state index contributed by atoms with van der Waals surface area (Å²) in [6.45, 7) is 12.7. The summed E-state index contributed by atoms with van der Waals surface area (Å²) in [5.41, 5.74) is 1.80. The number of hydrogen-bond acceptors (Lipinski definition) is 2. The van der Waals surface area contributed by atoms with E-state index in [4.69, 9.17) is 0 Å². The van der Waals surface area contributed by atoms with Crippen molar-refractivity contribution in [2.24, 2.45) is 5.41 Å². The Kier molecular flexibility index (Phi) is 3.54. The van der Waals surface area contributed by atoms with Crippen LogP contribution >= 0.6 is 0 Å². The van der Waals surface area contributed by atoms with Crippen LogP contribution in [0.3, 0.4) is 0 Å². The van der Waals surface area contributed by atoms with Crippen molar-refractivity contribution in [3.63, 3.8) is 0 Å². The molecule has 0 aliphatic carbocycles. The van der Waals surface area contributed by atoms with Crippen LogP contribution in [0.25, 0.3) is 0 Å². The lowest BCUT2D eigenvalue weighted by Gasteiger charge is -2.35. The molecule has 0 unspecified atom stereocenters. The van der Waals surface area contributed by atoms with Gasteiger partial charge in [-0.25, -0.2) is 4.98 Å². The molecule has 0 amide bonds. The Morgan fingerprint density at radius 1 is 1.33 bits per heavy atom. The van der Waals surface area contributed by atoms with Crippen LogP contribution in [-0.4, -0.2) is 16.1 Å². The van der Waals surface area contributed by atoms with Gasteiger partial charge >= 0.3 is 0 Å². The van der Waals surface area contributed by atoms with Gasteiger partial charge in [-0.1, -0.05) is 20.8 Å². The highest BCUT2D eigenvalue weighted by Gasteiger charge is 2.31. The van der Waals surface area contributed by atoms with E-state index in [2.05, 4.69) is 49.5 Å². The van der Waals surface area contributed by atoms with Crippen molar-refractivity contribution in [2.45, 2.75) is 65.5 Å². The number of imidazole rings is 1. The summed E-state index contributed by atoms with van der Waals surface area (Å²) in [5.74, 6) is 0. The van der Waals surface area contributed by atoms with Crippen LogP contribution in [-0.2, 0) is 5.54 Å². The van der Waals surface area contributed by atoms with Crippen LogP contribution in [0.15, 0.2) is 12.5 Å². The summed E-state index contributed by atoms with van der Waals surface area (Å²) in [5, 5.41) is 3.57. The summed E-state index contributed by atoms with van der Waals surface area (Å²) in [6.07, 6.45) is 7.69. The minimum Gasteiger partial charge on any atom is -0.327 e. The predicted molar refractivity (Wildman–Crippen MR) is 75.6 cm³/mol. The smallest absolute Gasteiger partial charge is 0.0953 e. The Labute approximate surface area is 111 Å². The number of nitrogens with one attached hydrogen (secondary N) is 1. The molecule has 0 saturated carbocycles. The molecule has 1 saturated heterocycles. The normalized spacial score (nSPS) is 21.5. The fourth-order valence-corrected chi connectivity index (χ4v) is 3.39. The third-order valence-electron chi connectivity index (χ3n) is 3.70. The maximum absolute atomic E-state index is 4.39. The highest BCUT2D eigenvalue weighted by Crippen LogP contribution is 2.35. The summed E-state index contributed by atoms with van der Waals surface area (Å²) < 4.78 is 2.38. The molecular weight excluding hydrogens is 222 g/mol. The molecule has 0 radical (unpaired) electrons. The first-order valence-corrected chi connectivity index (χ1v) is 7.06. The van der Waals surface area contributed by atoms with Gasteiger partial charge in [-0.15, -0.1) is 0 Å². The summed E-state index contributed by atoms with van der Waals surface area (Å²) in [7, 11) is 0. The van der Waals surface area contributed by atoms with E-state index in [-0.39, 0.29) is 5.54 Å². The molecule has 1 aliphatic rings. The third-order valence-corrected chi connectivity index (χ3v) is 3.70. The van der Waals surface area contributed by atoms with E-state index in [9.17, 15) is 0 Å². The minimum absolute atomic E-state index is 0.119. The highest BCUT2D eigenvalue weighted by molar-refractivity contribution is 5.10. The lowest BCUT2D eigenvalue weighted by atomic mass is 9.81. The third kappa shape index (κ3) is 2.94. The molecule has 0 spiro atoms. The molecule has 0 aromatic carbocycles. The molecule has 18 heavy (non-hydrogen) atoms. The number of nitrogens with zero attached hydrogens (tertiary/aromatic N) is 2. The molecule has 1 aliphatic heterocycles. The van der Waals surface area contributed by atoms with E-state index in [0.29, 0.717) is 11.5 Å². The van der Waals surface area contributed by atoms with Gasteiger partial charge in [0.2, 0.25) is 0 Å². The number of hydrogen-bond donors (Lipinski definition) is 1. The fraction of sp³-hybridized carbons (Fsp3) is 0.800. The molecule has 1 N–H and O–H groups in total. The monoisotopic (exact) mass is 249 g/mol. The van der Waals surface area contributed by atoms with Crippen LogP contribution in [0.1, 0.15) is 65.6 Å². The molecule has 102 valence electrons. The zero-order valence-electron chi connectivity index (χ0n) is 12.5. The summed E-state index contributed by atoms with van der Waals surface area (Å²) in [4.78, 5) is 4.39. The predicted octanol–water partition coefficient (Wildman–Crippen LogP) is 3.48. The molecular formula is C15H27N3. The van der Waals surface area contributed by atoms with Crippen LogP contribution < -0.4 is 5.32 Å². The first-order valence-electron chi connectivity index (χ1n) is 7.06. The molecule has 2 rings (SSSR count). The van der Waals surface area contributed by atoms with Gasteiger partial charge < -0.3 is 9.88 Å². The lowest BCUT2D eigenvalue weighted by molar-refractivity contribution is 0.208. The Morgan fingerprint density at radius 3 is 2.61 bits per heavy atom. The lowest BCUT2D eigenvalue weighted by Crippen LogP contribution is -2.33. The molecule has 3 heteroatoms. The molecule has 0 bridgehead atoms. The van der Waals surface area contributed by atoms with E-state index in [1.54, 1.807) is 0 Å². The average Bonchev–Trinajstić information content (AvgIpc) is 2.85. The second kappa shape index (κ2) is 4.69. The highest BCUT2D eigenvalue weighted by atomic mass is 15.1. The van der Waals surface area contributed by atoms with Crippen molar-refractivity contribution < 1.29 is 0 Å². The fourth-order valence-electron chi connectivity index (χ4n) is 3.39. The van der Waals surface area contributed by atoms with E-state index < -0.39 is 0 Å². The van der Waals surface area contributed by atoms with Crippen LogP contribution in [0.2, 0.25) is 0 Å². The van der Waals surface area contributed by atoms with Crippen molar-refractivity contribution in [3.8, 4) is 0 Å². The van der Waals surface area contributed by atoms with E-state index in [1.807, 2.05) is 12.5 Å². The van der Waals surface area contributed by atoms with Gasteiger partial charge in [0.25, 0.3) is 0 Å². The Hall–Kier alpha value is -0.830. The second-order valence-corrected chi connectivity index (χ2v) is 7.39. The molecule has 1 aromatic heterocycles. The Balaban J connectivity index is 2.24. The maximum Gasteiger partial charge on any atom is 0.0953 e. The Bertz CT molecular complexity index is 392. The second-order valence-electron chi connectivity index (χ2n) is 7.39. The molecule has 2 heterocycles. The minimum atomic E-state index is 0.119. The van der Waals surface area contributed by atoms with Gasteiger partial charge in [0.1, 0.15) is 0 Å². The average molecular weight is 249 g/mol. The van der Waals surface area contributed by atoms with Gasteiger partial charge in [-0.3, -0.25) is 0 Å². The zero-order chi connectivity index (χ0) is 13.4. The Morgan fingerprint density at radius 2 is 2.06 bits per heavy atom. The quantitative estimate of drug-likeness (QED) is 0.889. The number of aromatic nitrogens is 2. The van der Waals surface area contributed by atoms with Gasteiger partial charge in [-0.2, -0.15) is 0 Å². The van der Waals surface area contributed by atoms with Gasteiger partial charge in [-0.05, 0) is 45.1 Å². The molecule has 1 atom stereocenters. The van der Waals surface area contributed by atoms with Crippen molar-refractivity contribution in [2.75, 3.05) is 6.54 Å². The van der Waals surface area contributed by atoms with Crippen LogP contribution in [0, 0.1) is 5.41 Å². The van der Waals surface area contributed by atoms with Crippen molar-refractivity contribution in [3.05, 3.63) is 18.2 Å². The largest absolute Gasteiger partial charge is 0.327 e. The van der Waals surface area contributed by atoms with Crippen molar-refractivity contribution in [1.82, 2.24) is 14.9 Å². The van der Waals surface area contributed by atoms with Gasteiger partial charge in [0.05, 0.1) is 12.0 Å². The SMILES string of the molecule is CC(C)(C)CC(C)(C)n1cncc1[C@@H]1CCCN1. The standard InChI is InChI=1S/C15H27N3/c1-14(2,3)10-15(4,5)18-11-16-9-13(18)12-7-6-8-17-12/h9,11-12,17H,6-8,10H2,1-5H3/t12-/m0/s1. The summed E-state index contributed by atoms with van der Waals surface area (Å²) >= 11 is 0. The van der Waals surface area contributed by atoms with Gasteiger partial charge in [0.15, 0.2) is 0 Å². The molecule has 1 aromatic rings. The van der Waals surface area contributed by atoms with Crippen molar-refractivity contribution in [1.29, 1.82) is 0 Å². The first kappa shape index (κ1) is 13.6. The van der Waals surface area contributed by atoms with Crippen LogP contribution in [0.5, 0.6) is 0 Å². The topological polar surface area (TPSA) is 29.9 Å². The van der Waals surface area contributed by atoms with E-state index in [0.717, 1.165) is 13.0 Å².